The summed E-state index contributed by atoms with van der Waals surface area (Å²) in [6.07, 6.45) is 2.33. The minimum Gasteiger partial charge on any atom is -0.473 e. The second-order valence-corrected chi connectivity index (χ2v) is 8.91. The van der Waals surface area contributed by atoms with Gasteiger partial charge < -0.3 is 14.8 Å². The van der Waals surface area contributed by atoms with Crippen molar-refractivity contribution in [2.45, 2.75) is 45.1 Å². The number of carbonyl (C=O) groups excluding carboxylic acids is 1. The monoisotopic (exact) mass is 436 g/mol. The average Bonchev–Trinajstić information content (AvgIpc) is 3.15. The molecular weight excluding hydrogens is 411 g/mol. The summed E-state index contributed by atoms with van der Waals surface area (Å²) in [7, 11) is 2.04. The van der Waals surface area contributed by atoms with Crippen molar-refractivity contribution in [1.29, 1.82) is 0 Å². The lowest BCUT2D eigenvalue weighted by Crippen LogP contribution is -2.51. The molecule has 4 heterocycles. The molecule has 0 unspecified atom stereocenters. The molecule has 2 fully saturated rings. The number of amides is 1. The van der Waals surface area contributed by atoms with E-state index in [1.54, 1.807) is 6.07 Å². The Labute approximate surface area is 178 Å². The predicted octanol–water partition coefficient (Wildman–Crippen LogP) is 1.77. The van der Waals surface area contributed by atoms with Gasteiger partial charge in [0.15, 0.2) is 5.13 Å². The van der Waals surface area contributed by atoms with Crippen LogP contribution in [0.15, 0.2) is 12.4 Å². The van der Waals surface area contributed by atoms with Gasteiger partial charge in [-0.2, -0.15) is 9.37 Å². The van der Waals surface area contributed by atoms with E-state index < -0.39 is 5.95 Å². The van der Waals surface area contributed by atoms with E-state index in [4.69, 9.17) is 9.47 Å². The van der Waals surface area contributed by atoms with Crippen LogP contribution in [-0.4, -0.2) is 75.6 Å². The third-order valence-corrected chi connectivity index (χ3v) is 6.10. The lowest BCUT2D eigenvalue weighted by molar-refractivity contribution is -0.114. The second-order valence-electron chi connectivity index (χ2n) is 7.82. The van der Waals surface area contributed by atoms with Crippen LogP contribution >= 0.6 is 11.3 Å². The van der Waals surface area contributed by atoms with Crippen LogP contribution in [0.25, 0.3) is 0 Å². The van der Waals surface area contributed by atoms with E-state index in [2.05, 4.69) is 37.0 Å². The highest BCUT2D eigenvalue weighted by Gasteiger charge is 2.32. The molecule has 162 valence electrons. The molecule has 0 spiro atoms. The molecule has 2 saturated heterocycles. The van der Waals surface area contributed by atoms with Crippen LogP contribution in [0.1, 0.15) is 25.1 Å². The zero-order valence-corrected chi connectivity index (χ0v) is 18.0. The summed E-state index contributed by atoms with van der Waals surface area (Å²) >= 11 is 1.16. The minimum absolute atomic E-state index is 0.0663. The van der Waals surface area contributed by atoms with Crippen molar-refractivity contribution in [2.24, 2.45) is 0 Å². The zero-order valence-electron chi connectivity index (χ0n) is 17.2. The number of thiazole rings is 1. The smallest absolute Gasteiger partial charge is 0.230 e. The van der Waals surface area contributed by atoms with Gasteiger partial charge in [0.05, 0.1) is 10.9 Å². The maximum Gasteiger partial charge on any atom is 0.230 e. The molecule has 2 aromatic heterocycles. The van der Waals surface area contributed by atoms with Crippen LogP contribution in [0.3, 0.4) is 0 Å². The van der Waals surface area contributed by atoms with Crippen molar-refractivity contribution in [1.82, 2.24) is 24.8 Å². The van der Waals surface area contributed by atoms with Gasteiger partial charge in [-0.05, 0) is 14.0 Å². The van der Waals surface area contributed by atoms with Gasteiger partial charge in [0.1, 0.15) is 18.5 Å². The van der Waals surface area contributed by atoms with E-state index in [1.807, 2.05) is 7.05 Å². The first kappa shape index (κ1) is 20.9. The SMILES string of the molecule is CC(=O)Nc1nc(F)c(CN2C[C@H](Oc3cc(OC4CN(C)C4)ncn3)C[C@@H]2C)s1. The summed E-state index contributed by atoms with van der Waals surface area (Å²) in [5.74, 6) is 0.178. The van der Waals surface area contributed by atoms with Gasteiger partial charge in [-0.15, -0.1) is 0 Å². The number of rotatable bonds is 7. The first-order valence-electron chi connectivity index (χ1n) is 9.86. The Morgan fingerprint density at radius 2 is 1.97 bits per heavy atom. The molecule has 1 amide bonds. The van der Waals surface area contributed by atoms with E-state index >= 15 is 0 Å². The van der Waals surface area contributed by atoms with E-state index in [0.29, 0.717) is 29.7 Å². The Hall–Kier alpha value is -2.37. The van der Waals surface area contributed by atoms with Gasteiger partial charge in [-0.1, -0.05) is 11.3 Å². The number of nitrogens with zero attached hydrogens (tertiary/aromatic N) is 5. The number of likely N-dealkylation sites (N-methyl/N-ethyl adjacent to an activating group) is 1. The number of nitrogens with one attached hydrogen (secondary N) is 1. The fourth-order valence-corrected chi connectivity index (χ4v) is 4.59. The Kier molecular flexibility index (Phi) is 6.11. The molecule has 4 rings (SSSR count). The number of halogens is 1. The van der Waals surface area contributed by atoms with Crippen LogP contribution in [0, 0.1) is 5.95 Å². The second kappa shape index (κ2) is 8.78. The van der Waals surface area contributed by atoms with Crippen LogP contribution in [0.5, 0.6) is 11.8 Å². The number of hydrogen-bond acceptors (Lipinski definition) is 9. The van der Waals surface area contributed by atoms with Gasteiger partial charge in [0.25, 0.3) is 0 Å². The summed E-state index contributed by atoms with van der Waals surface area (Å²) in [5, 5.41) is 2.81. The molecule has 0 saturated carbocycles. The van der Waals surface area contributed by atoms with Crippen LogP contribution in [-0.2, 0) is 11.3 Å². The third-order valence-electron chi connectivity index (χ3n) is 5.17. The van der Waals surface area contributed by atoms with Gasteiger partial charge in [0.2, 0.25) is 23.6 Å². The minimum atomic E-state index is -0.542. The average molecular weight is 437 g/mol. The number of anilines is 1. The summed E-state index contributed by atoms with van der Waals surface area (Å²) in [6.45, 7) is 6.27. The van der Waals surface area contributed by atoms with Gasteiger partial charge in [-0.3, -0.25) is 14.6 Å². The number of aromatic nitrogens is 3. The van der Waals surface area contributed by atoms with Crippen LogP contribution in [0.2, 0.25) is 0 Å². The number of ether oxygens (including phenoxy) is 2. The maximum absolute atomic E-state index is 14.1. The van der Waals surface area contributed by atoms with Crippen molar-refractivity contribution < 1.29 is 18.7 Å². The molecule has 0 aromatic carbocycles. The first-order chi connectivity index (χ1) is 14.4. The largest absolute Gasteiger partial charge is 0.473 e. The van der Waals surface area contributed by atoms with Crippen molar-refractivity contribution in [2.75, 3.05) is 32.0 Å². The van der Waals surface area contributed by atoms with E-state index in [-0.39, 0.29) is 29.3 Å². The van der Waals surface area contributed by atoms with E-state index in [9.17, 15) is 9.18 Å². The van der Waals surface area contributed by atoms with Gasteiger partial charge in [0, 0.05) is 45.6 Å². The Morgan fingerprint density at radius 3 is 2.63 bits per heavy atom. The number of hydrogen-bond donors (Lipinski definition) is 1. The molecule has 0 aliphatic carbocycles. The number of carbonyl (C=O) groups is 1. The first-order valence-corrected chi connectivity index (χ1v) is 10.7. The maximum atomic E-state index is 14.1. The predicted molar refractivity (Wildman–Crippen MR) is 109 cm³/mol. The highest BCUT2D eigenvalue weighted by molar-refractivity contribution is 7.15. The molecule has 2 atom stereocenters. The van der Waals surface area contributed by atoms with Crippen LogP contribution < -0.4 is 14.8 Å². The van der Waals surface area contributed by atoms with Crippen molar-refractivity contribution in [3.05, 3.63) is 23.2 Å². The molecule has 0 bridgehead atoms. The summed E-state index contributed by atoms with van der Waals surface area (Å²) in [4.78, 5) is 28.1. The fraction of sp³-hybridized carbons (Fsp3) is 0.579. The third kappa shape index (κ3) is 5.02. The molecule has 2 aromatic rings. The summed E-state index contributed by atoms with van der Waals surface area (Å²) in [5.41, 5.74) is 0. The lowest BCUT2D eigenvalue weighted by atomic mass is 10.2. The zero-order chi connectivity index (χ0) is 21.3. The topological polar surface area (TPSA) is 92.7 Å². The van der Waals surface area contributed by atoms with Crippen molar-refractivity contribution in [3.8, 4) is 11.8 Å². The quantitative estimate of drug-likeness (QED) is 0.702. The molecule has 9 nitrogen and oxygen atoms in total. The standard InChI is InChI=1S/C19H25FN6O3S/c1-11-4-13(8-26(11)9-15-18(20)24-19(30-15)23-12(2)27)28-16-5-17(22-10-21-16)29-14-6-25(3)7-14/h5,10-11,13-14H,4,6-9H2,1-3H3,(H,23,24,27)/t11-,13+/m0/s1. The molecule has 2 aliphatic heterocycles. The Balaban J connectivity index is 1.33. The molecule has 1 N–H and O–H groups in total. The molecule has 30 heavy (non-hydrogen) atoms. The van der Waals surface area contributed by atoms with Crippen LogP contribution in [0.4, 0.5) is 9.52 Å². The van der Waals surface area contributed by atoms with Gasteiger partial charge in [-0.25, -0.2) is 9.97 Å². The molecule has 2 aliphatic rings. The van der Waals surface area contributed by atoms with Gasteiger partial charge >= 0.3 is 0 Å². The normalized spacial score (nSPS) is 22.7. The number of likely N-dealkylation sites (tertiary alicyclic amines) is 2. The van der Waals surface area contributed by atoms with E-state index in [1.165, 1.54) is 13.3 Å². The summed E-state index contributed by atoms with van der Waals surface area (Å²) in [6, 6.07) is 1.93. The Bertz CT molecular complexity index is 906. The molecular formula is C19H25FN6O3S. The van der Waals surface area contributed by atoms with Crippen molar-refractivity contribution >= 4 is 22.4 Å². The summed E-state index contributed by atoms with van der Waals surface area (Å²) < 4.78 is 26.0. The van der Waals surface area contributed by atoms with E-state index in [0.717, 1.165) is 30.8 Å². The lowest BCUT2D eigenvalue weighted by Gasteiger charge is -2.35. The molecule has 0 radical (unpaired) electrons. The highest BCUT2D eigenvalue weighted by Crippen LogP contribution is 2.29. The Morgan fingerprint density at radius 1 is 1.27 bits per heavy atom. The molecule has 11 heteroatoms. The van der Waals surface area contributed by atoms with Crippen molar-refractivity contribution in [3.63, 3.8) is 0 Å². The highest BCUT2D eigenvalue weighted by atomic mass is 32.1. The fourth-order valence-electron chi connectivity index (χ4n) is 3.68.